The van der Waals surface area contributed by atoms with Crippen LogP contribution in [0.15, 0.2) is 5.51 Å². The Labute approximate surface area is 98.0 Å². The van der Waals surface area contributed by atoms with Gasteiger partial charge in [-0.3, -0.25) is 4.79 Å². The molecule has 1 aromatic rings. The van der Waals surface area contributed by atoms with Crippen LogP contribution in [0.5, 0.6) is 0 Å². The van der Waals surface area contributed by atoms with E-state index in [-0.39, 0.29) is 5.91 Å². The van der Waals surface area contributed by atoms with Gasteiger partial charge in [0.05, 0.1) is 24.4 Å². The highest BCUT2D eigenvalue weighted by atomic mass is 32.1. The van der Waals surface area contributed by atoms with Crippen molar-refractivity contribution in [3.63, 3.8) is 0 Å². The number of ether oxygens (including phenoxy) is 1. The van der Waals surface area contributed by atoms with Gasteiger partial charge in [-0.25, -0.2) is 4.98 Å². The van der Waals surface area contributed by atoms with Crippen LogP contribution in [0.2, 0.25) is 0 Å². The van der Waals surface area contributed by atoms with Crippen molar-refractivity contribution in [2.24, 2.45) is 5.73 Å². The largest absolute Gasteiger partial charge is 0.379 e. The van der Waals surface area contributed by atoms with Gasteiger partial charge in [0.25, 0.3) is 0 Å². The minimum Gasteiger partial charge on any atom is -0.379 e. The van der Waals surface area contributed by atoms with E-state index in [0.717, 1.165) is 10.6 Å². The van der Waals surface area contributed by atoms with Gasteiger partial charge in [0.1, 0.15) is 5.54 Å². The number of carbonyl (C=O) groups is 1. The Morgan fingerprint density at radius 2 is 2.62 bits per heavy atom. The normalized spacial score (nSPS) is 24.6. The lowest BCUT2D eigenvalue weighted by Crippen LogP contribution is -2.54. The van der Waals surface area contributed by atoms with Crippen LogP contribution >= 0.6 is 11.3 Å². The maximum Gasteiger partial charge on any atom is 0.242 e. The van der Waals surface area contributed by atoms with Crippen LogP contribution in [0.1, 0.15) is 17.0 Å². The molecule has 0 saturated carbocycles. The van der Waals surface area contributed by atoms with Crippen molar-refractivity contribution >= 4 is 17.2 Å². The van der Waals surface area contributed by atoms with Gasteiger partial charge in [0.15, 0.2) is 0 Å². The summed E-state index contributed by atoms with van der Waals surface area (Å²) in [6.45, 7) is 3.28. The Hall–Kier alpha value is -0.980. The highest BCUT2D eigenvalue weighted by molar-refractivity contribution is 7.09. The summed E-state index contributed by atoms with van der Waals surface area (Å²) >= 11 is 1.54. The van der Waals surface area contributed by atoms with Crippen molar-refractivity contribution in [1.29, 1.82) is 0 Å². The number of nitrogens with two attached hydrogens (primary N) is 1. The summed E-state index contributed by atoms with van der Waals surface area (Å²) in [5.41, 5.74) is 7.81. The molecule has 0 aliphatic carbocycles. The van der Waals surface area contributed by atoms with Gasteiger partial charge in [0, 0.05) is 11.5 Å². The average Bonchev–Trinajstić information content (AvgIpc) is 2.85. The summed E-state index contributed by atoms with van der Waals surface area (Å²) in [6, 6.07) is 0. The molecule has 0 radical (unpaired) electrons. The predicted octanol–water partition coefficient (Wildman–Crippen LogP) is 0.186. The summed E-state index contributed by atoms with van der Waals surface area (Å²) in [4.78, 5) is 17.0. The number of thiazole rings is 1. The van der Waals surface area contributed by atoms with Crippen LogP contribution in [0.4, 0.5) is 0 Å². The fraction of sp³-hybridized carbons (Fsp3) is 0.600. The van der Waals surface area contributed by atoms with E-state index < -0.39 is 5.54 Å². The number of aromatic nitrogens is 1. The molecule has 5 nitrogen and oxygen atoms in total. The lowest BCUT2D eigenvalue weighted by Gasteiger charge is -2.20. The molecule has 88 valence electrons. The van der Waals surface area contributed by atoms with Crippen molar-refractivity contribution in [2.75, 3.05) is 13.2 Å². The first-order valence-corrected chi connectivity index (χ1v) is 6.04. The van der Waals surface area contributed by atoms with Gasteiger partial charge in [-0.1, -0.05) is 0 Å². The summed E-state index contributed by atoms with van der Waals surface area (Å²) in [7, 11) is 0. The maximum atomic E-state index is 11.8. The van der Waals surface area contributed by atoms with Gasteiger partial charge >= 0.3 is 0 Å². The molecule has 1 atom stereocenters. The van der Waals surface area contributed by atoms with Crippen LogP contribution in [0.25, 0.3) is 0 Å². The van der Waals surface area contributed by atoms with E-state index in [1.807, 2.05) is 6.92 Å². The van der Waals surface area contributed by atoms with E-state index >= 15 is 0 Å². The second-order valence-corrected chi connectivity index (χ2v) is 4.94. The number of amides is 1. The predicted molar refractivity (Wildman–Crippen MR) is 61.1 cm³/mol. The second-order valence-electron chi connectivity index (χ2n) is 4.00. The standard InChI is InChI=1S/C10H15N3O2S/c1-7-8(16-6-13-7)4-12-9(14)10(11)2-3-15-5-10/h6H,2-5,11H2,1H3,(H,12,14). The molecule has 16 heavy (non-hydrogen) atoms. The lowest BCUT2D eigenvalue weighted by molar-refractivity contribution is -0.126. The average molecular weight is 241 g/mol. The molecule has 1 fully saturated rings. The van der Waals surface area contributed by atoms with E-state index in [4.69, 9.17) is 10.5 Å². The van der Waals surface area contributed by atoms with E-state index in [9.17, 15) is 4.79 Å². The molecule has 0 spiro atoms. The molecule has 1 aliphatic rings. The molecular weight excluding hydrogens is 226 g/mol. The molecule has 1 amide bonds. The minimum absolute atomic E-state index is 0.141. The second kappa shape index (κ2) is 4.48. The molecule has 2 rings (SSSR count). The van der Waals surface area contributed by atoms with Gasteiger partial charge in [-0.15, -0.1) is 11.3 Å². The zero-order chi connectivity index (χ0) is 11.6. The Kier molecular flexibility index (Phi) is 3.22. The highest BCUT2D eigenvalue weighted by Gasteiger charge is 2.38. The number of nitrogens with zero attached hydrogens (tertiary/aromatic N) is 1. The van der Waals surface area contributed by atoms with Crippen LogP contribution in [-0.2, 0) is 16.1 Å². The minimum atomic E-state index is -0.849. The lowest BCUT2D eigenvalue weighted by atomic mass is 9.99. The molecule has 0 aromatic carbocycles. The number of carbonyl (C=O) groups excluding carboxylic acids is 1. The van der Waals surface area contributed by atoms with Gasteiger partial charge in [-0.2, -0.15) is 0 Å². The first kappa shape index (κ1) is 11.5. The summed E-state index contributed by atoms with van der Waals surface area (Å²) in [5.74, 6) is -0.141. The van der Waals surface area contributed by atoms with Crippen LogP contribution in [0.3, 0.4) is 0 Å². The zero-order valence-corrected chi connectivity index (χ0v) is 9.97. The first-order valence-electron chi connectivity index (χ1n) is 5.16. The van der Waals surface area contributed by atoms with Crippen molar-refractivity contribution in [3.05, 3.63) is 16.1 Å². The summed E-state index contributed by atoms with van der Waals surface area (Å²) < 4.78 is 5.15. The number of hydrogen-bond donors (Lipinski definition) is 2. The molecule has 2 heterocycles. The highest BCUT2D eigenvalue weighted by Crippen LogP contribution is 2.16. The van der Waals surface area contributed by atoms with Crippen molar-refractivity contribution in [3.8, 4) is 0 Å². The smallest absolute Gasteiger partial charge is 0.242 e. The molecule has 1 unspecified atom stereocenters. The SMILES string of the molecule is Cc1ncsc1CNC(=O)C1(N)CCOC1. The molecule has 1 saturated heterocycles. The number of hydrogen-bond acceptors (Lipinski definition) is 5. The van der Waals surface area contributed by atoms with Crippen LogP contribution in [0, 0.1) is 6.92 Å². The number of nitrogens with one attached hydrogen (secondary N) is 1. The third-order valence-corrected chi connectivity index (χ3v) is 3.69. The Morgan fingerprint density at radius 3 is 3.19 bits per heavy atom. The third kappa shape index (κ3) is 2.23. The van der Waals surface area contributed by atoms with Gasteiger partial charge in [0.2, 0.25) is 5.91 Å². The Morgan fingerprint density at radius 1 is 1.81 bits per heavy atom. The molecular formula is C10H15N3O2S. The fourth-order valence-electron chi connectivity index (χ4n) is 1.59. The van der Waals surface area contributed by atoms with Crippen molar-refractivity contribution in [1.82, 2.24) is 10.3 Å². The zero-order valence-electron chi connectivity index (χ0n) is 9.16. The molecule has 0 bridgehead atoms. The maximum absolute atomic E-state index is 11.8. The Balaban J connectivity index is 1.91. The van der Waals surface area contributed by atoms with Crippen LogP contribution < -0.4 is 11.1 Å². The van der Waals surface area contributed by atoms with Gasteiger partial charge in [-0.05, 0) is 13.3 Å². The molecule has 6 heteroatoms. The van der Waals surface area contributed by atoms with E-state index in [0.29, 0.717) is 26.2 Å². The van der Waals surface area contributed by atoms with E-state index in [2.05, 4.69) is 10.3 Å². The first-order chi connectivity index (χ1) is 7.62. The van der Waals surface area contributed by atoms with Crippen molar-refractivity contribution in [2.45, 2.75) is 25.4 Å². The topological polar surface area (TPSA) is 77.2 Å². The molecule has 1 aliphatic heterocycles. The van der Waals surface area contributed by atoms with E-state index in [1.165, 1.54) is 11.3 Å². The Bertz CT molecular complexity index is 385. The fourth-order valence-corrected chi connectivity index (χ4v) is 2.31. The third-order valence-electron chi connectivity index (χ3n) is 2.76. The van der Waals surface area contributed by atoms with Crippen LogP contribution in [-0.4, -0.2) is 29.6 Å². The van der Waals surface area contributed by atoms with Gasteiger partial charge < -0.3 is 15.8 Å². The van der Waals surface area contributed by atoms with E-state index in [1.54, 1.807) is 5.51 Å². The number of rotatable bonds is 3. The summed E-state index contributed by atoms with van der Waals surface area (Å²) in [5, 5.41) is 2.83. The monoisotopic (exact) mass is 241 g/mol. The number of aryl methyl sites for hydroxylation is 1. The summed E-state index contributed by atoms with van der Waals surface area (Å²) in [6.07, 6.45) is 0.584. The molecule has 1 aromatic heterocycles. The molecule has 3 N–H and O–H groups in total. The van der Waals surface area contributed by atoms with Crippen molar-refractivity contribution < 1.29 is 9.53 Å². The quantitative estimate of drug-likeness (QED) is 0.791.